The number of carbonyl (C=O) groups is 1. The van der Waals surface area contributed by atoms with Gasteiger partial charge in [0.15, 0.2) is 5.11 Å². The van der Waals surface area contributed by atoms with Crippen molar-refractivity contribution in [2.24, 2.45) is 0 Å². The highest BCUT2D eigenvalue weighted by Gasteiger charge is 2.32. The Balaban J connectivity index is 1.97. The van der Waals surface area contributed by atoms with Crippen LogP contribution < -0.4 is 10.2 Å². The van der Waals surface area contributed by atoms with E-state index in [1.54, 1.807) is 4.90 Å². The number of hydrogen-bond acceptors (Lipinski definition) is 2. The summed E-state index contributed by atoms with van der Waals surface area (Å²) in [7, 11) is 0. The van der Waals surface area contributed by atoms with Gasteiger partial charge in [-0.05, 0) is 56.3 Å². The quantitative estimate of drug-likeness (QED) is 0.673. The van der Waals surface area contributed by atoms with Crippen LogP contribution in [0.3, 0.4) is 0 Å². The minimum Gasteiger partial charge on any atom is -0.327 e. The molecule has 23 heavy (non-hydrogen) atoms. The molecular formula is C19H18N2OS. The summed E-state index contributed by atoms with van der Waals surface area (Å²) in [4.78, 5) is 14.3. The van der Waals surface area contributed by atoms with Gasteiger partial charge in [-0.2, -0.15) is 0 Å². The van der Waals surface area contributed by atoms with E-state index in [9.17, 15) is 4.79 Å². The third-order valence-electron chi connectivity index (χ3n) is 3.82. The van der Waals surface area contributed by atoms with Crippen molar-refractivity contribution < 1.29 is 4.79 Å². The first-order valence-corrected chi connectivity index (χ1v) is 7.87. The molecule has 0 radical (unpaired) electrons. The minimum absolute atomic E-state index is 0.122. The minimum atomic E-state index is -0.122. The maximum absolute atomic E-state index is 12.8. The Labute approximate surface area is 141 Å². The van der Waals surface area contributed by atoms with Gasteiger partial charge in [-0.3, -0.25) is 9.69 Å². The zero-order chi connectivity index (χ0) is 16.6. The number of rotatable bonds is 2. The SMILES string of the molecule is Cc1cccc(/C=C2\NC(=S)N(c3ccc(C)cc3C)C2=O)c1. The van der Waals surface area contributed by atoms with Gasteiger partial charge in [0, 0.05) is 0 Å². The number of aryl methyl sites for hydroxylation is 3. The van der Waals surface area contributed by atoms with E-state index in [1.165, 1.54) is 0 Å². The highest BCUT2D eigenvalue weighted by molar-refractivity contribution is 7.80. The van der Waals surface area contributed by atoms with E-state index < -0.39 is 0 Å². The van der Waals surface area contributed by atoms with E-state index >= 15 is 0 Å². The summed E-state index contributed by atoms with van der Waals surface area (Å²) in [5.41, 5.74) is 5.64. The molecule has 3 rings (SSSR count). The van der Waals surface area contributed by atoms with Crippen molar-refractivity contribution in [3.63, 3.8) is 0 Å². The molecular weight excluding hydrogens is 304 g/mol. The molecule has 4 heteroatoms. The normalized spacial score (nSPS) is 16.1. The molecule has 1 aliphatic heterocycles. The predicted octanol–water partition coefficient (Wildman–Crippen LogP) is 3.87. The molecule has 3 nitrogen and oxygen atoms in total. The fourth-order valence-electron chi connectivity index (χ4n) is 2.74. The third-order valence-corrected chi connectivity index (χ3v) is 4.11. The van der Waals surface area contributed by atoms with Gasteiger partial charge in [0.2, 0.25) is 0 Å². The number of thiocarbonyl (C=S) groups is 1. The molecule has 0 saturated carbocycles. The first-order valence-electron chi connectivity index (χ1n) is 7.47. The molecule has 0 unspecified atom stereocenters. The first-order chi connectivity index (χ1) is 11.0. The molecule has 116 valence electrons. The van der Waals surface area contributed by atoms with Crippen LogP contribution >= 0.6 is 12.2 Å². The van der Waals surface area contributed by atoms with Crippen molar-refractivity contribution >= 4 is 35.0 Å². The van der Waals surface area contributed by atoms with Crippen molar-refractivity contribution in [3.05, 3.63) is 70.4 Å². The fourth-order valence-corrected chi connectivity index (χ4v) is 3.03. The summed E-state index contributed by atoms with van der Waals surface area (Å²) in [6.07, 6.45) is 1.84. The smallest absolute Gasteiger partial charge is 0.281 e. The van der Waals surface area contributed by atoms with Crippen LogP contribution in [-0.4, -0.2) is 11.0 Å². The lowest BCUT2D eigenvalue weighted by molar-refractivity contribution is -0.113. The Hall–Kier alpha value is -2.46. The van der Waals surface area contributed by atoms with Crippen LogP contribution in [0.2, 0.25) is 0 Å². The molecule has 2 aromatic carbocycles. The maximum Gasteiger partial charge on any atom is 0.281 e. The van der Waals surface area contributed by atoms with Gasteiger partial charge < -0.3 is 5.32 Å². The van der Waals surface area contributed by atoms with Crippen molar-refractivity contribution in [1.29, 1.82) is 0 Å². The van der Waals surface area contributed by atoms with E-state index in [1.807, 2.05) is 69.3 Å². The van der Waals surface area contributed by atoms with Gasteiger partial charge in [0.25, 0.3) is 5.91 Å². The average Bonchev–Trinajstić information content (AvgIpc) is 2.74. The number of nitrogens with zero attached hydrogens (tertiary/aromatic N) is 1. The van der Waals surface area contributed by atoms with E-state index in [0.29, 0.717) is 10.8 Å². The summed E-state index contributed by atoms with van der Waals surface area (Å²) in [6.45, 7) is 6.04. The van der Waals surface area contributed by atoms with Gasteiger partial charge in [-0.1, -0.05) is 47.5 Å². The lowest BCUT2D eigenvalue weighted by Gasteiger charge is -2.17. The summed E-state index contributed by atoms with van der Waals surface area (Å²) < 4.78 is 0. The van der Waals surface area contributed by atoms with Gasteiger partial charge in [-0.15, -0.1) is 0 Å². The van der Waals surface area contributed by atoms with E-state index in [2.05, 4.69) is 5.32 Å². The molecule has 0 aromatic heterocycles. The maximum atomic E-state index is 12.8. The first kappa shape index (κ1) is 15.4. The van der Waals surface area contributed by atoms with Crippen LogP contribution in [0.1, 0.15) is 22.3 Å². The molecule has 0 spiro atoms. The summed E-state index contributed by atoms with van der Waals surface area (Å²) in [6, 6.07) is 14.0. The largest absolute Gasteiger partial charge is 0.327 e. The van der Waals surface area contributed by atoms with Crippen molar-refractivity contribution in [2.45, 2.75) is 20.8 Å². The summed E-state index contributed by atoms with van der Waals surface area (Å²) in [5.74, 6) is -0.122. The summed E-state index contributed by atoms with van der Waals surface area (Å²) in [5, 5.41) is 3.45. The van der Waals surface area contributed by atoms with Gasteiger partial charge in [0.1, 0.15) is 5.70 Å². The molecule has 1 amide bonds. The highest BCUT2D eigenvalue weighted by atomic mass is 32.1. The number of benzene rings is 2. The lowest BCUT2D eigenvalue weighted by atomic mass is 10.1. The van der Waals surface area contributed by atoms with Crippen molar-refractivity contribution in [2.75, 3.05) is 4.90 Å². The molecule has 1 heterocycles. The number of anilines is 1. The van der Waals surface area contributed by atoms with Crippen LogP contribution in [-0.2, 0) is 4.79 Å². The van der Waals surface area contributed by atoms with Gasteiger partial charge in [0.05, 0.1) is 5.69 Å². The molecule has 0 bridgehead atoms. The second kappa shape index (κ2) is 5.97. The zero-order valence-corrected chi connectivity index (χ0v) is 14.2. The Morgan fingerprint density at radius 1 is 1.04 bits per heavy atom. The number of carbonyl (C=O) groups excluding carboxylic acids is 1. The van der Waals surface area contributed by atoms with Crippen molar-refractivity contribution in [1.82, 2.24) is 5.32 Å². The second-order valence-corrected chi connectivity index (χ2v) is 6.22. The Bertz CT molecular complexity index is 839. The van der Waals surface area contributed by atoms with Crippen molar-refractivity contribution in [3.8, 4) is 0 Å². The third kappa shape index (κ3) is 3.03. The summed E-state index contributed by atoms with van der Waals surface area (Å²) >= 11 is 5.36. The van der Waals surface area contributed by atoms with Crippen LogP contribution in [0, 0.1) is 20.8 Å². The van der Waals surface area contributed by atoms with E-state index in [0.717, 1.165) is 27.9 Å². The molecule has 0 aliphatic carbocycles. The van der Waals surface area contributed by atoms with Crippen LogP contribution in [0.5, 0.6) is 0 Å². The Morgan fingerprint density at radius 2 is 1.78 bits per heavy atom. The predicted molar refractivity (Wildman–Crippen MR) is 98.3 cm³/mol. The highest BCUT2D eigenvalue weighted by Crippen LogP contribution is 2.26. The molecule has 1 saturated heterocycles. The average molecular weight is 322 g/mol. The molecule has 1 N–H and O–H groups in total. The molecule has 2 aromatic rings. The zero-order valence-electron chi connectivity index (χ0n) is 13.4. The van der Waals surface area contributed by atoms with Crippen LogP contribution in [0.25, 0.3) is 6.08 Å². The topological polar surface area (TPSA) is 32.3 Å². The monoisotopic (exact) mass is 322 g/mol. The van der Waals surface area contributed by atoms with Gasteiger partial charge in [-0.25, -0.2) is 0 Å². The van der Waals surface area contributed by atoms with Crippen LogP contribution in [0.4, 0.5) is 5.69 Å². The number of hydrogen-bond donors (Lipinski definition) is 1. The standard InChI is InChI=1S/C19H18N2OS/c1-12-5-4-6-15(10-12)11-16-18(22)21(19(23)20-16)17-8-7-13(2)9-14(17)3/h4-11H,1-3H3,(H,20,23)/b16-11-. The Morgan fingerprint density at radius 3 is 2.48 bits per heavy atom. The number of nitrogens with one attached hydrogen (secondary N) is 1. The number of amides is 1. The fraction of sp³-hybridized carbons (Fsp3) is 0.158. The van der Waals surface area contributed by atoms with E-state index in [-0.39, 0.29) is 5.91 Å². The molecule has 1 aliphatic rings. The van der Waals surface area contributed by atoms with Crippen LogP contribution in [0.15, 0.2) is 48.2 Å². The molecule has 1 fully saturated rings. The second-order valence-electron chi connectivity index (χ2n) is 5.83. The van der Waals surface area contributed by atoms with Gasteiger partial charge >= 0.3 is 0 Å². The van der Waals surface area contributed by atoms with E-state index in [4.69, 9.17) is 12.2 Å². The Kier molecular flexibility index (Phi) is 4.01. The molecule has 0 atom stereocenters. The lowest BCUT2D eigenvalue weighted by Crippen LogP contribution is -2.30.